The van der Waals surface area contributed by atoms with Crippen molar-refractivity contribution in [3.63, 3.8) is 0 Å². The van der Waals surface area contributed by atoms with E-state index < -0.39 is 0 Å². The fraction of sp³-hybridized carbons (Fsp3) is 0.600. The summed E-state index contributed by atoms with van der Waals surface area (Å²) in [4.78, 5) is 2.41. The number of rotatable bonds is 4. The standard InChI is InChI=1S/C15H22Cl2N2/c1-18-12-6-8-13(9-7-12)19(2)10-11-4-3-5-14(16)15(11)17/h3-5,12-13,18H,6-10H2,1-2H3. The normalized spacial score (nSPS) is 23.8. The third-order valence-corrected chi connectivity index (χ3v) is 5.04. The summed E-state index contributed by atoms with van der Waals surface area (Å²) >= 11 is 12.3. The minimum absolute atomic E-state index is 0.645. The summed E-state index contributed by atoms with van der Waals surface area (Å²) in [5, 5.41) is 4.71. The summed E-state index contributed by atoms with van der Waals surface area (Å²) in [6.45, 7) is 0.869. The lowest BCUT2D eigenvalue weighted by Crippen LogP contribution is -2.39. The van der Waals surface area contributed by atoms with Crippen LogP contribution in [0.2, 0.25) is 10.0 Å². The highest BCUT2D eigenvalue weighted by molar-refractivity contribution is 6.42. The van der Waals surface area contributed by atoms with Gasteiger partial charge in [0.15, 0.2) is 0 Å². The van der Waals surface area contributed by atoms with E-state index >= 15 is 0 Å². The third-order valence-electron chi connectivity index (χ3n) is 4.18. The van der Waals surface area contributed by atoms with Crippen molar-refractivity contribution in [2.45, 2.75) is 44.3 Å². The molecule has 2 rings (SSSR count). The Morgan fingerprint density at radius 1 is 1.21 bits per heavy atom. The Balaban J connectivity index is 1.94. The van der Waals surface area contributed by atoms with Gasteiger partial charge in [-0.1, -0.05) is 35.3 Å². The van der Waals surface area contributed by atoms with E-state index in [-0.39, 0.29) is 0 Å². The Morgan fingerprint density at radius 2 is 1.89 bits per heavy atom. The number of halogens is 2. The third kappa shape index (κ3) is 3.85. The molecule has 0 radical (unpaired) electrons. The van der Waals surface area contributed by atoms with E-state index in [1.54, 1.807) is 0 Å². The van der Waals surface area contributed by atoms with Crippen molar-refractivity contribution in [2.24, 2.45) is 0 Å². The van der Waals surface area contributed by atoms with Crippen LogP contribution in [0.3, 0.4) is 0 Å². The van der Waals surface area contributed by atoms with E-state index in [0.29, 0.717) is 22.1 Å². The highest BCUT2D eigenvalue weighted by Gasteiger charge is 2.23. The molecule has 1 saturated carbocycles. The van der Waals surface area contributed by atoms with Gasteiger partial charge in [0, 0.05) is 18.6 Å². The summed E-state index contributed by atoms with van der Waals surface area (Å²) in [5.74, 6) is 0. The first-order valence-electron chi connectivity index (χ1n) is 6.92. The van der Waals surface area contributed by atoms with Crippen LogP contribution in [0.1, 0.15) is 31.2 Å². The van der Waals surface area contributed by atoms with E-state index in [1.165, 1.54) is 25.7 Å². The van der Waals surface area contributed by atoms with Gasteiger partial charge in [-0.25, -0.2) is 0 Å². The van der Waals surface area contributed by atoms with Crippen molar-refractivity contribution in [2.75, 3.05) is 14.1 Å². The van der Waals surface area contributed by atoms with Crippen LogP contribution >= 0.6 is 23.2 Å². The summed E-state index contributed by atoms with van der Waals surface area (Å²) in [6, 6.07) is 7.21. The van der Waals surface area contributed by atoms with Crippen LogP contribution in [-0.4, -0.2) is 31.1 Å². The van der Waals surface area contributed by atoms with Crippen molar-refractivity contribution in [1.82, 2.24) is 10.2 Å². The highest BCUT2D eigenvalue weighted by atomic mass is 35.5. The maximum absolute atomic E-state index is 6.25. The van der Waals surface area contributed by atoms with Gasteiger partial charge in [0.1, 0.15) is 0 Å². The van der Waals surface area contributed by atoms with Crippen molar-refractivity contribution < 1.29 is 0 Å². The fourth-order valence-electron chi connectivity index (χ4n) is 2.87. The molecule has 1 aromatic rings. The minimum atomic E-state index is 0.645. The molecule has 0 bridgehead atoms. The zero-order valence-electron chi connectivity index (χ0n) is 11.6. The molecule has 19 heavy (non-hydrogen) atoms. The number of nitrogens with one attached hydrogen (secondary N) is 1. The summed E-state index contributed by atoms with van der Waals surface area (Å²) in [7, 11) is 4.24. The van der Waals surface area contributed by atoms with Gasteiger partial charge in [-0.3, -0.25) is 4.90 Å². The molecule has 1 aliphatic rings. The number of hydrogen-bond acceptors (Lipinski definition) is 2. The molecule has 0 aliphatic heterocycles. The SMILES string of the molecule is CNC1CCC(N(C)Cc2cccc(Cl)c2Cl)CC1. The maximum atomic E-state index is 6.25. The highest BCUT2D eigenvalue weighted by Crippen LogP contribution is 2.28. The first-order valence-corrected chi connectivity index (χ1v) is 7.67. The van der Waals surface area contributed by atoms with Crippen molar-refractivity contribution in [1.29, 1.82) is 0 Å². The van der Waals surface area contributed by atoms with E-state index in [1.807, 2.05) is 12.1 Å². The van der Waals surface area contributed by atoms with Crippen LogP contribution in [0.5, 0.6) is 0 Å². The summed E-state index contributed by atoms with van der Waals surface area (Å²) in [5.41, 5.74) is 1.12. The predicted molar refractivity (Wildman–Crippen MR) is 83.0 cm³/mol. The van der Waals surface area contributed by atoms with E-state index in [9.17, 15) is 0 Å². The molecule has 0 amide bonds. The molecule has 4 heteroatoms. The van der Waals surface area contributed by atoms with Crippen LogP contribution in [0.15, 0.2) is 18.2 Å². The van der Waals surface area contributed by atoms with Crippen molar-refractivity contribution >= 4 is 23.2 Å². The quantitative estimate of drug-likeness (QED) is 0.905. The van der Waals surface area contributed by atoms with Crippen LogP contribution in [0, 0.1) is 0 Å². The second-order valence-electron chi connectivity index (χ2n) is 5.42. The largest absolute Gasteiger partial charge is 0.317 e. The Kier molecular flexibility index (Phi) is 5.52. The summed E-state index contributed by atoms with van der Waals surface area (Å²) < 4.78 is 0. The Morgan fingerprint density at radius 3 is 2.53 bits per heavy atom. The number of nitrogens with zero attached hydrogens (tertiary/aromatic N) is 1. The maximum Gasteiger partial charge on any atom is 0.0637 e. The van der Waals surface area contributed by atoms with Gasteiger partial charge < -0.3 is 5.32 Å². The second kappa shape index (κ2) is 6.94. The van der Waals surface area contributed by atoms with Crippen LogP contribution in [0.4, 0.5) is 0 Å². The van der Waals surface area contributed by atoms with Gasteiger partial charge in [-0.2, -0.15) is 0 Å². The fourth-order valence-corrected chi connectivity index (χ4v) is 3.25. The molecular weight excluding hydrogens is 279 g/mol. The molecule has 0 spiro atoms. The molecule has 0 heterocycles. The average Bonchev–Trinajstić information content (AvgIpc) is 2.44. The van der Waals surface area contributed by atoms with Gasteiger partial charge >= 0.3 is 0 Å². The first kappa shape index (κ1) is 15.1. The Hall–Kier alpha value is -0.280. The molecule has 1 fully saturated rings. The first-order chi connectivity index (χ1) is 9.11. The van der Waals surface area contributed by atoms with E-state index in [0.717, 1.165) is 12.1 Å². The van der Waals surface area contributed by atoms with Crippen LogP contribution in [-0.2, 0) is 6.54 Å². The topological polar surface area (TPSA) is 15.3 Å². The van der Waals surface area contributed by atoms with Crippen molar-refractivity contribution in [3.8, 4) is 0 Å². The molecule has 0 atom stereocenters. The van der Waals surface area contributed by atoms with Crippen LogP contribution < -0.4 is 5.32 Å². The lowest BCUT2D eigenvalue weighted by molar-refractivity contribution is 0.170. The zero-order valence-corrected chi connectivity index (χ0v) is 13.1. The average molecular weight is 301 g/mol. The monoisotopic (exact) mass is 300 g/mol. The molecule has 106 valence electrons. The van der Waals surface area contributed by atoms with Gasteiger partial charge in [-0.15, -0.1) is 0 Å². The number of hydrogen-bond donors (Lipinski definition) is 1. The minimum Gasteiger partial charge on any atom is -0.317 e. The smallest absolute Gasteiger partial charge is 0.0637 e. The lowest BCUT2D eigenvalue weighted by atomic mass is 9.90. The van der Waals surface area contributed by atoms with Crippen LogP contribution in [0.25, 0.3) is 0 Å². The molecule has 1 aliphatic carbocycles. The zero-order chi connectivity index (χ0) is 13.8. The van der Waals surface area contributed by atoms with Gasteiger partial charge in [-0.05, 0) is 51.4 Å². The Bertz CT molecular complexity index is 415. The van der Waals surface area contributed by atoms with E-state index in [2.05, 4.69) is 30.4 Å². The van der Waals surface area contributed by atoms with Gasteiger partial charge in [0.2, 0.25) is 0 Å². The molecule has 0 unspecified atom stereocenters. The molecular formula is C15H22Cl2N2. The van der Waals surface area contributed by atoms with E-state index in [4.69, 9.17) is 23.2 Å². The predicted octanol–water partition coefficient (Wildman–Crippen LogP) is 3.96. The molecule has 2 nitrogen and oxygen atoms in total. The molecule has 1 N–H and O–H groups in total. The second-order valence-corrected chi connectivity index (χ2v) is 6.21. The number of benzene rings is 1. The molecule has 0 aromatic heterocycles. The van der Waals surface area contributed by atoms with Gasteiger partial charge in [0.05, 0.1) is 10.0 Å². The molecule has 1 aromatic carbocycles. The lowest BCUT2D eigenvalue weighted by Gasteiger charge is -2.34. The van der Waals surface area contributed by atoms with Crippen molar-refractivity contribution in [3.05, 3.63) is 33.8 Å². The summed E-state index contributed by atoms with van der Waals surface area (Å²) in [6.07, 6.45) is 5.02. The van der Waals surface area contributed by atoms with Gasteiger partial charge in [0.25, 0.3) is 0 Å². The molecule has 0 saturated heterocycles. The Labute approximate surface area is 126 Å².